The Morgan fingerprint density at radius 3 is 2.95 bits per heavy atom. The summed E-state index contributed by atoms with van der Waals surface area (Å²) in [5.41, 5.74) is 2.23. The van der Waals surface area contributed by atoms with Crippen molar-refractivity contribution in [2.75, 3.05) is 5.43 Å². The van der Waals surface area contributed by atoms with Gasteiger partial charge in [-0.1, -0.05) is 13.3 Å². The maximum atomic E-state index is 10.8. The Bertz CT molecular complexity index is 466. The minimum absolute atomic E-state index is 0.0730. The van der Waals surface area contributed by atoms with Gasteiger partial charge in [0.2, 0.25) is 5.88 Å². The van der Waals surface area contributed by atoms with Gasteiger partial charge in [0.15, 0.2) is 5.82 Å². The van der Waals surface area contributed by atoms with E-state index in [4.69, 9.17) is 10.6 Å². The number of rotatable bonds is 4. The first-order valence-corrected chi connectivity index (χ1v) is 6.38. The summed E-state index contributed by atoms with van der Waals surface area (Å²) in [5, 5.41) is 10.8. The van der Waals surface area contributed by atoms with Crippen molar-refractivity contribution in [3.05, 3.63) is 22.2 Å². The lowest BCUT2D eigenvalue weighted by Crippen LogP contribution is -2.24. The fourth-order valence-electron chi connectivity index (χ4n) is 2.39. The first-order chi connectivity index (χ1) is 9.08. The zero-order chi connectivity index (χ0) is 13.8. The molecule has 7 nitrogen and oxygen atoms in total. The van der Waals surface area contributed by atoms with E-state index in [2.05, 4.69) is 17.3 Å². The lowest BCUT2D eigenvalue weighted by Gasteiger charge is -2.26. The number of aromatic nitrogens is 1. The van der Waals surface area contributed by atoms with Gasteiger partial charge in [0, 0.05) is 0 Å². The average molecular weight is 266 g/mol. The molecule has 3 N–H and O–H groups in total. The normalized spacial score (nSPS) is 22.8. The summed E-state index contributed by atoms with van der Waals surface area (Å²) >= 11 is 0. The van der Waals surface area contributed by atoms with Crippen molar-refractivity contribution in [2.45, 2.75) is 38.7 Å². The van der Waals surface area contributed by atoms with Crippen LogP contribution in [-0.4, -0.2) is 16.0 Å². The molecule has 2 unspecified atom stereocenters. The monoisotopic (exact) mass is 266 g/mol. The second-order valence-electron chi connectivity index (χ2n) is 4.96. The van der Waals surface area contributed by atoms with Gasteiger partial charge in [-0.05, 0) is 25.2 Å². The maximum Gasteiger partial charge on any atom is 0.278 e. The van der Waals surface area contributed by atoms with Crippen LogP contribution in [-0.2, 0) is 0 Å². The van der Waals surface area contributed by atoms with Crippen molar-refractivity contribution in [2.24, 2.45) is 11.8 Å². The smallest absolute Gasteiger partial charge is 0.278 e. The molecule has 0 spiro atoms. The molecule has 1 saturated carbocycles. The summed E-state index contributed by atoms with van der Waals surface area (Å²) in [4.78, 5) is 14.4. The third-order valence-electron chi connectivity index (χ3n) is 3.32. The molecule has 1 aromatic heterocycles. The number of nitro groups is 1. The molecule has 0 aliphatic heterocycles. The van der Waals surface area contributed by atoms with Gasteiger partial charge >= 0.3 is 0 Å². The fraction of sp³-hybridized carbons (Fsp3) is 0.583. The highest BCUT2D eigenvalue weighted by atomic mass is 16.6. The minimum Gasteiger partial charge on any atom is -0.474 e. The molecule has 1 aromatic rings. The number of hydrogen-bond donors (Lipinski definition) is 2. The van der Waals surface area contributed by atoms with E-state index in [0.29, 0.717) is 5.92 Å². The van der Waals surface area contributed by atoms with Gasteiger partial charge in [-0.25, -0.2) is 5.84 Å². The molecule has 0 radical (unpaired) electrons. The van der Waals surface area contributed by atoms with Crippen LogP contribution in [0.1, 0.15) is 32.6 Å². The van der Waals surface area contributed by atoms with Crippen LogP contribution in [0.25, 0.3) is 0 Å². The molecular formula is C12H18N4O3. The molecular weight excluding hydrogens is 248 g/mol. The van der Waals surface area contributed by atoms with Crippen LogP contribution >= 0.6 is 0 Å². The largest absolute Gasteiger partial charge is 0.474 e. The Morgan fingerprint density at radius 1 is 1.53 bits per heavy atom. The van der Waals surface area contributed by atoms with E-state index in [9.17, 15) is 10.1 Å². The first-order valence-electron chi connectivity index (χ1n) is 6.38. The Labute approximate surface area is 111 Å². The van der Waals surface area contributed by atoms with E-state index in [1.54, 1.807) is 0 Å². The van der Waals surface area contributed by atoms with Crippen LogP contribution in [0.3, 0.4) is 0 Å². The second kappa shape index (κ2) is 5.83. The predicted molar refractivity (Wildman–Crippen MR) is 70.7 cm³/mol. The molecule has 2 rings (SSSR count). The number of hydrazine groups is 1. The highest BCUT2D eigenvalue weighted by Crippen LogP contribution is 2.28. The standard InChI is InChI=1S/C12H18N4O3/c1-8-3-2-4-10(5-8)19-12-7-9(16(17)18)6-11(14-12)15-13/h6-8,10H,2-5,13H2,1H3,(H,14,15). The summed E-state index contributed by atoms with van der Waals surface area (Å²) in [6, 6.07) is 2.61. The molecule has 1 aliphatic carbocycles. The van der Waals surface area contributed by atoms with Crippen LogP contribution in [0.4, 0.5) is 11.5 Å². The van der Waals surface area contributed by atoms with Gasteiger partial charge < -0.3 is 10.2 Å². The Hall–Kier alpha value is -1.89. The van der Waals surface area contributed by atoms with Crippen molar-refractivity contribution in [1.29, 1.82) is 0 Å². The van der Waals surface area contributed by atoms with Crippen molar-refractivity contribution in [1.82, 2.24) is 4.98 Å². The Balaban J connectivity index is 2.14. The van der Waals surface area contributed by atoms with Gasteiger partial charge in [-0.15, -0.1) is 0 Å². The molecule has 1 heterocycles. The van der Waals surface area contributed by atoms with E-state index in [0.717, 1.165) is 19.3 Å². The average Bonchev–Trinajstić information content (AvgIpc) is 2.38. The quantitative estimate of drug-likeness (QED) is 0.492. The van der Waals surface area contributed by atoms with Crippen LogP contribution < -0.4 is 16.0 Å². The lowest BCUT2D eigenvalue weighted by molar-refractivity contribution is -0.384. The third kappa shape index (κ3) is 3.54. The number of ether oxygens (including phenoxy) is 1. The zero-order valence-corrected chi connectivity index (χ0v) is 10.8. The van der Waals surface area contributed by atoms with Gasteiger partial charge in [0.05, 0.1) is 17.1 Å². The number of nitrogens with two attached hydrogens (primary N) is 1. The van der Waals surface area contributed by atoms with Crippen LogP contribution in [0.5, 0.6) is 5.88 Å². The fourth-order valence-corrected chi connectivity index (χ4v) is 2.39. The van der Waals surface area contributed by atoms with Gasteiger partial charge in [-0.3, -0.25) is 10.1 Å². The highest BCUT2D eigenvalue weighted by Gasteiger charge is 2.22. The second-order valence-corrected chi connectivity index (χ2v) is 4.96. The SMILES string of the molecule is CC1CCCC(Oc2cc([N+](=O)[O-])cc(NN)n2)C1. The van der Waals surface area contributed by atoms with Crippen LogP contribution in [0.15, 0.2) is 12.1 Å². The molecule has 0 bridgehead atoms. The Morgan fingerprint density at radius 2 is 2.32 bits per heavy atom. The van der Waals surface area contributed by atoms with Crippen LogP contribution in [0, 0.1) is 16.0 Å². The molecule has 0 aromatic carbocycles. The molecule has 1 fully saturated rings. The van der Waals surface area contributed by atoms with E-state index in [1.807, 2.05) is 0 Å². The van der Waals surface area contributed by atoms with Crippen molar-refractivity contribution in [3.8, 4) is 5.88 Å². The number of nitrogens with zero attached hydrogens (tertiary/aromatic N) is 2. The third-order valence-corrected chi connectivity index (χ3v) is 3.32. The van der Waals surface area contributed by atoms with Gasteiger partial charge in [0.1, 0.15) is 6.10 Å². The summed E-state index contributed by atoms with van der Waals surface area (Å²) in [5.74, 6) is 6.35. The molecule has 104 valence electrons. The van der Waals surface area contributed by atoms with E-state index >= 15 is 0 Å². The topological polar surface area (TPSA) is 103 Å². The lowest BCUT2D eigenvalue weighted by atomic mass is 9.89. The molecule has 1 aliphatic rings. The number of nitrogen functional groups attached to an aromatic ring is 1. The molecule has 19 heavy (non-hydrogen) atoms. The van der Waals surface area contributed by atoms with E-state index < -0.39 is 4.92 Å². The van der Waals surface area contributed by atoms with E-state index in [-0.39, 0.29) is 23.5 Å². The highest BCUT2D eigenvalue weighted by molar-refractivity contribution is 5.47. The van der Waals surface area contributed by atoms with Gasteiger partial charge in [0.25, 0.3) is 5.69 Å². The molecule has 0 saturated heterocycles. The van der Waals surface area contributed by atoms with E-state index in [1.165, 1.54) is 18.6 Å². The summed E-state index contributed by atoms with van der Waals surface area (Å²) in [7, 11) is 0. The summed E-state index contributed by atoms with van der Waals surface area (Å²) < 4.78 is 5.75. The molecule has 2 atom stereocenters. The van der Waals surface area contributed by atoms with Crippen molar-refractivity contribution >= 4 is 11.5 Å². The number of hydrogen-bond acceptors (Lipinski definition) is 6. The van der Waals surface area contributed by atoms with Crippen molar-refractivity contribution < 1.29 is 9.66 Å². The zero-order valence-electron chi connectivity index (χ0n) is 10.8. The molecule has 0 amide bonds. The maximum absolute atomic E-state index is 10.8. The predicted octanol–water partition coefficient (Wildman–Crippen LogP) is 2.23. The minimum atomic E-state index is -0.487. The number of pyridine rings is 1. The summed E-state index contributed by atoms with van der Waals surface area (Å²) in [6.07, 6.45) is 4.31. The number of nitrogens with one attached hydrogen (secondary N) is 1. The molecule has 7 heteroatoms. The summed E-state index contributed by atoms with van der Waals surface area (Å²) in [6.45, 7) is 2.18. The Kier molecular flexibility index (Phi) is 4.16. The number of anilines is 1. The van der Waals surface area contributed by atoms with Crippen LogP contribution in [0.2, 0.25) is 0 Å². The van der Waals surface area contributed by atoms with Crippen molar-refractivity contribution in [3.63, 3.8) is 0 Å². The van der Waals surface area contributed by atoms with Gasteiger partial charge in [-0.2, -0.15) is 4.98 Å². The first kappa shape index (κ1) is 13.5.